The Labute approximate surface area is 238 Å². The number of para-hydroxylation sites is 1. The number of benzene rings is 3. The molecule has 3 rings (SSSR count). The lowest BCUT2D eigenvalue weighted by Crippen LogP contribution is -2.52. The quantitative estimate of drug-likeness (QED) is 0.301. The van der Waals surface area contributed by atoms with Crippen molar-refractivity contribution in [2.24, 2.45) is 0 Å². The maximum atomic E-state index is 13.9. The van der Waals surface area contributed by atoms with Gasteiger partial charge in [-0.2, -0.15) is 0 Å². The molecule has 2 atom stereocenters. The van der Waals surface area contributed by atoms with E-state index in [4.69, 9.17) is 11.6 Å². The topological polar surface area (TPSA) is 86.8 Å². The van der Waals surface area contributed by atoms with Crippen molar-refractivity contribution < 1.29 is 18.0 Å². The molecule has 7 nitrogen and oxygen atoms in total. The van der Waals surface area contributed by atoms with Crippen LogP contribution >= 0.6 is 27.5 Å². The Hall–Kier alpha value is -2.88. The Morgan fingerprint density at radius 1 is 0.974 bits per heavy atom. The van der Waals surface area contributed by atoms with E-state index in [0.29, 0.717) is 10.7 Å². The van der Waals surface area contributed by atoms with Gasteiger partial charge in [0, 0.05) is 22.1 Å². The van der Waals surface area contributed by atoms with E-state index < -0.39 is 28.5 Å². The zero-order valence-electron chi connectivity index (χ0n) is 21.5. The van der Waals surface area contributed by atoms with Crippen molar-refractivity contribution in [2.45, 2.75) is 50.7 Å². The number of carbonyl (C=O) groups is 2. The van der Waals surface area contributed by atoms with Crippen molar-refractivity contribution in [1.29, 1.82) is 0 Å². The van der Waals surface area contributed by atoms with Gasteiger partial charge in [0.15, 0.2) is 0 Å². The van der Waals surface area contributed by atoms with Crippen LogP contribution in [-0.2, 0) is 26.2 Å². The first-order valence-electron chi connectivity index (χ1n) is 12.2. The summed E-state index contributed by atoms with van der Waals surface area (Å²) in [7, 11) is -4.13. The van der Waals surface area contributed by atoms with Gasteiger partial charge in [0.2, 0.25) is 11.8 Å². The number of rotatable bonds is 11. The number of nitrogens with zero attached hydrogens (tertiary/aromatic N) is 2. The highest BCUT2D eigenvalue weighted by Gasteiger charge is 2.32. The highest BCUT2D eigenvalue weighted by atomic mass is 79.9. The second-order valence-corrected chi connectivity index (χ2v) is 12.2. The number of carbonyl (C=O) groups excluding carboxylic acids is 2. The predicted octanol–water partition coefficient (Wildman–Crippen LogP) is 5.63. The van der Waals surface area contributed by atoms with Crippen LogP contribution in [0.4, 0.5) is 5.69 Å². The van der Waals surface area contributed by atoms with Gasteiger partial charge in [0.1, 0.15) is 12.6 Å². The van der Waals surface area contributed by atoms with Gasteiger partial charge in [0.05, 0.1) is 10.6 Å². The molecule has 2 amide bonds. The van der Waals surface area contributed by atoms with E-state index in [2.05, 4.69) is 21.2 Å². The molecule has 0 saturated heterocycles. The van der Waals surface area contributed by atoms with Crippen LogP contribution in [0.1, 0.15) is 32.8 Å². The molecule has 0 unspecified atom stereocenters. The van der Waals surface area contributed by atoms with Crippen LogP contribution in [0.25, 0.3) is 0 Å². The van der Waals surface area contributed by atoms with Crippen LogP contribution in [0.5, 0.6) is 0 Å². The fourth-order valence-electron chi connectivity index (χ4n) is 3.74. The SMILES string of the molecule is CC[C@@H](C)NC(=O)[C@H](C)N(Cc1cccc(Br)c1)C(=O)CN(c1ccccc1)S(=O)(=O)c1ccc(Cl)cc1. The molecule has 10 heteroatoms. The predicted molar refractivity (Wildman–Crippen MR) is 154 cm³/mol. The molecule has 1 N–H and O–H groups in total. The van der Waals surface area contributed by atoms with E-state index >= 15 is 0 Å². The molecule has 0 spiro atoms. The molecule has 0 radical (unpaired) electrons. The average Bonchev–Trinajstić information content (AvgIpc) is 2.90. The van der Waals surface area contributed by atoms with Gasteiger partial charge in [-0.1, -0.05) is 64.8 Å². The Kier molecular flexibility index (Phi) is 10.4. The fourth-order valence-corrected chi connectivity index (χ4v) is 5.72. The van der Waals surface area contributed by atoms with Crippen molar-refractivity contribution in [3.8, 4) is 0 Å². The van der Waals surface area contributed by atoms with E-state index in [1.165, 1.54) is 29.2 Å². The summed E-state index contributed by atoms with van der Waals surface area (Å²) >= 11 is 9.42. The van der Waals surface area contributed by atoms with Crippen LogP contribution in [0, 0.1) is 0 Å². The minimum atomic E-state index is -4.13. The zero-order chi connectivity index (χ0) is 27.9. The number of hydrogen-bond acceptors (Lipinski definition) is 4. The smallest absolute Gasteiger partial charge is 0.264 e. The Balaban J connectivity index is 2.00. The molecular formula is C28H31BrClN3O4S. The highest BCUT2D eigenvalue weighted by Crippen LogP contribution is 2.25. The molecule has 38 heavy (non-hydrogen) atoms. The first-order valence-corrected chi connectivity index (χ1v) is 14.8. The lowest BCUT2D eigenvalue weighted by molar-refractivity contribution is -0.139. The van der Waals surface area contributed by atoms with Crippen molar-refractivity contribution in [3.63, 3.8) is 0 Å². The van der Waals surface area contributed by atoms with Crippen LogP contribution < -0.4 is 9.62 Å². The first-order chi connectivity index (χ1) is 18.0. The summed E-state index contributed by atoms with van der Waals surface area (Å²) in [6.07, 6.45) is 0.735. The number of nitrogens with one attached hydrogen (secondary N) is 1. The van der Waals surface area contributed by atoms with E-state index in [1.54, 1.807) is 37.3 Å². The lowest BCUT2D eigenvalue weighted by Gasteiger charge is -2.32. The summed E-state index contributed by atoms with van der Waals surface area (Å²) in [5, 5.41) is 3.32. The molecule has 0 heterocycles. The Bertz CT molecular complexity index is 1350. The second kappa shape index (κ2) is 13.3. The van der Waals surface area contributed by atoms with Gasteiger partial charge in [0.25, 0.3) is 10.0 Å². The third kappa shape index (κ3) is 7.58. The van der Waals surface area contributed by atoms with Gasteiger partial charge in [-0.05, 0) is 74.4 Å². The highest BCUT2D eigenvalue weighted by molar-refractivity contribution is 9.10. The number of amides is 2. The van der Waals surface area contributed by atoms with Crippen molar-refractivity contribution in [3.05, 3.63) is 93.9 Å². The largest absolute Gasteiger partial charge is 0.352 e. The molecule has 0 saturated carbocycles. The number of hydrogen-bond donors (Lipinski definition) is 1. The van der Waals surface area contributed by atoms with E-state index in [1.807, 2.05) is 38.1 Å². The van der Waals surface area contributed by atoms with Crippen molar-refractivity contribution in [2.75, 3.05) is 10.8 Å². The molecule has 3 aromatic carbocycles. The summed E-state index contributed by atoms with van der Waals surface area (Å²) in [5.74, 6) is -0.826. The molecule has 202 valence electrons. The van der Waals surface area contributed by atoms with Crippen molar-refractivity contribution in [1.82, 2.24) is 10.2 Å². The van der Waals surface area contributed by atoms with Crippen LogP contribution in [0.2, 0.25) is 5.02 Å². The average molecular weight is 621 g/mol. The van der Waals surface area contributed by atoms with Crippen LogP contribution in [-0.4, -0.2) is 43.8 Å². The number of sulfonamides is 1. The second-order valence-electron chi connectivity index (χ2n) is 8.95. The molecule has 0 bridgehead atoms. The van der Waals surface area contributed by atoms with Crippen LogP contribution in [0.15, 0.2) is 88.2 Å². The Morgan fingerprint density at radius 3 is 2.24 bits per heavy atom. The zero-order valence-corrected chi connectivity index (χ0v) is 24.6. The van der Waals surface area contributed by atoms with Gasteiger partial charge in [-0.25, -0.2) is 8.42 Å². The Morgan fingerprint density at radius 2 is 1.63 bits per heavy atom. The molecule has 0 aliphatic rings. The normalized spacial score (nSPS) is 12.9. The van der Waals surface area contributed by atoms with E-state index in [9.17, 15) is 18.0 Å². The first kappa shape index (κ1) is 29.7. The van der Waals surface area contributed by atoms with Crippen LogP contribution in [0.3, 0.4) is 0 Å². The third-order valence-electron chi connectivity index (χ3n) is 6.13. The standard InChI is InChI=1S/C28H31BrClN3O4S/c1-4-20(2)31-28(35)21(3)32(18-22-9-8-10-23(29)17-22)27(34)19-33(25-11-6-5-7-12-25)38(36,37)26-15-13-24(30)14-16-26/h5-17,20-21H,4,18-19H2,1-3H3,(H,31,35)/t20-,21+/m1/s1. The van der Waals surface area contributed by atoms with Gasteiger partial charge in [-0.3, -0.25) is 13.9 Å². The van der Waals surface area contributed by atoms with Crippen molar-refractivity contribution >= 4 is 55.1 Å². The summed E-state index contributed by atoms with van der Waals surface area (Å²) < 4.78 is 29.3. The van der Waals surface area contributed by atoms with E-state index in [0.717, 1.165) is 20.8 Å². The molecule has 0 fully saturated rings. The molecular weight excluding hydrogens is 590 g/mol. The lowest BCUT2D eigenvalue weighted by atomic mass is 10.1. The minimum Gasteiger partial charge on any atom is -0.352 e. The summed E-state index contributed by atoms with van der Waals surface area (Å²) in [4.78, 5) is 28.3. The third-order valence-corrected chi connectivity index (χ3v) is 8.67. The number of anilines is 1. The van der Waals surface area contributed by atoms with Gasteiger partial charge < -0.3 is 10.2 Å². The fraction of sp³-hybridized carbons (Fsp3) is 0.286. The molecule has 0 aliphatic heterocycles. The summed E-state index contributed by atoms with van der Waals surface area (Å²) in [6, 6.07) is 20.7. The van der Waals surface area contributed by atoms with Gasteiger partial charge in [-0.15, -0.1) is 0 Å². The summed E-state index contributed by atoms with van der Waals surface area (Å²) in [6.45, 7) is 5.12. The number of halogens is 2. The monoisotopic (exact) mass is 619 g/mol. The van der Waals surface area contributed by atoms with E-state index in [-0.39, 0.29) is 23.4 Å². The molecule has 0 aliphatic carbocycles. The molecule has 3 aromatic rings. The maximum Gasteiger partial charge on any atom is 0.264 e. The molecule has 0 aromatic heterocycles. The maximum absolute atomic E-state index is 13.9. The van der Waals surface area contributed by atoms with Gasteiger partial charge >= 0.3 is 0 Å². The minimum absolute atomic E-state index is 0.000319. The summed E-state index contributed by atoms with van der Waals surface area (Å²) in [5.41, 5.74) is 1.12.